The number of nitrogens with one attached hydrogen (secondary N) is 1. The molecule has 2 bridgehead atoms. The molecule has 0 aromatic carbocycles. The maximum atomic E-state index is 12.2. The molecular weight excluding hydrogens is 252 g/mol. The number of amides is 1. The molecule has 0 aromatic heterocycles. The van der Waals surface area contributed by atoms with Crippen molar-refractivity contribution in [2.24, 2.45) is 11.8 Å². The smallest absolute Gasteiger partial charge is 0.310 e. The van der Waals surface area contributed by atoms with Gasteiger partial charge in [-0.05, 0) is 0 Å². The number of hydrazine groups is 1. The Labute approximate surface area is 110 Å². The first-order valence-electron chi connectivity index (χ1n) is 6.36. The number of hydrogen-bond acceptors (Lipinski definition) is 5. The summed E-state index contributed by atoms with van der Waals surface area (Å²) < 4.78 is 10.7. The number of rotatable bonds is 3. The molecule has 2 fully saturated rings. The van der Waals surface area contributed by atoms with Gasteiger partial charge in [0.25, 0.3) is 0 Å². The molecule has 3 aliphatic rings. The molecule has 2 saturated heterocycles. The number of ether oxygens (including phenoxy) is 2. The first-order valence-corrected chi connectivity index (χ1v) is 6.36. The highest BCUT2D eigenvalue weighted by Gasteiger charge is 2.53. The van der Waals surface area contributed by atoms with Crippen molar-refractivity contribution in [3.8, 4) is 0 Å². The van der Waals surface area contributed by atoms with Crippen molar-refractivity contribution < 1.29 is 24.2 Å². The van der Waals surface area contributed by atoms with Crippen LogP contribution in [-0.4, -0.2) is 60.5 Å². The third-order valence-corrected chi connectivity index (χ3v) is 3.77. The zero-order valence-corrected chi connectivity index (χ0v) is 10.3. The zero-order valence-electron chi connectivity index (χ0n) is 10.3. The van der Waals surface area contributed by atoms with Crippen LogP contribution in [0.15, 0.2) is 12.2 Å². The minimum Gasteiger partial charge on any atom is -0.481 e. The van der Waals surface area contributed by atoms with Gasteiger partial charge in [0, 0.05) is 13.1 Å². The Morgan fingerprint density at radius 1 is 1.16 bits per heavy atom. The molecule has 4 atom stereocenters. The van der Waals surface area contributed by atoms with Crippen molar-refractivity contribution in [2.45, 2.75) is 12.2 Å². The maximum Gasteiger partial charge on any atom is 0.310 e. The molecule has 19 heavy (non-hydrogen) atoms. The van der Waals surface area contributed by atoms with Gasteiger partial charge >= 0.3 is 5.97 Å². The van der Waals surface area contributed by atoms with E-state index < -0.39 is 30.0 Å². The highest BCUT2D eigenvalue weighted by atomic mass is 16.5. The molecule has 3 rings (SSSR count). The van der Waals surface area contributed by atoms with Crippen LogP contribution in [0.1, 0.15) is 0 Å². The molecule has 0 saturated carbocycles. The van der Waals surface area contributed by atoms with E-state index in [0.717, 1.165) is 0 Å². The summed E-state index contributed by atoms with van der Waals surface area (Å²) in [5, 5.41) is 11.0. The summed E-state index contributed by atoms with van der Waals surface area (Å²) >= 11 is 0. The lowest BCUT2D eigenvalue weighted by Gasteiger charge is -2.29. The van der Waals surface area contributed by atoms with E-state index in [2.05, 4.69) is 5.43 Å². The molecule has 7 nitrogen and oxygen atoms in total. The molecular formula is C12H16N2O5. The minimum atomic E-state index is -0.987. The SMILES string of the molecule is O=C(O)[C@H]1[C@H](C(=O)NN2CCOCC2)[C@H]2C=C[C@H]1O2. The van der Waals surface area contributed by atoms with E-state index >= 15 is 0 Å². The standard InChI is InChI=1S/C12H16N2O5/c15-11(13-14-3-5-18-6-4-14)9-7-1-2-8(19-7)10(9)12(16)17/h1-2,7-10H,3-6H2,(H,13,15)(H,16,17)/t7-,8-,9-,10-/m1/s1. The van der Waals surface area contributed by atoms with E-state index in [9.17, 15) is 14.7 Å². The largest absolute Gasteiger partial charge is 0.481 e. The summed E-state index contributed by atoms with van der Waals surface area (Å²) in [6, 6.07) is 0. The lowest BCUT2D eigenvalue weighted by molar-refractivity contribution is -0.148. The fourth-order valence-corrected chi connectivity index (χ4v) is 2.82. The Hall–Kier alpha value is -1.44. The summed E-state index contributed by atoms with van der Waals surface area (Å²) in [5.41, 5.74) is 2.77. The van der Waals surface area contributed by atoms with Gasteiger partial charge in [-0.2, -0.15) is 0 Å². The predicted molar refractivity (Wildman–Crippen MR) is 63.0 cm³/mol. The number of aliphatic carboxylic acids is 1. The molecule has 0 aromatic rings. The van der Waals surface area contributed by atoms with Gasteiger partial charge in [0.1, 0.15) is 5.92 Å². The average Bonchev–Trinajstić information content (AvgIpc) is 2.99. The second kappa shape index (κ2) is 4.92. The summed E-state index contributed by atoms with van der Waals surface area (Å²) in [6.07, 6.45) is 2.59. The lowest BCUT2D eigenvalue weighted by Crippen LogP contribution is -2.53. The first kappa shape index (κ1) is 12.6. The molecule has 0 radical (unpaired) electrons. The van der Waals surface area contributed by atoms with Crippen molar-refractivity contribution in [2.75, 3.05) is 26.3 Å². The van der Waals surface area contributed by atoms with Crippen LogP contribution < -0.4 is 5.43 Å². The van der Waals surface area contributed by atoms with Crippen LogP contribution in [0.5, 0.6) is 0 Å². The second-order valence-electron chi connectivity index (χ2n) is 4.92. The van der Waals surface area contributed by atoms with E-state index in [1.54, 1.807) is 17.2 Å². The number of carboxylic acid groups (broad SMARTS) is 1. The van der Waals surface area contributed by atoms with Gasteiger partial charge in [0.15, 0.2) is 0 Å². The molecule has 1 amide bonds. The number of carboxylic acids is 1. The Kier molecular flexibility index (Phi) is 3.26. The Morgan fingerprint density at radius 2 is 1.79 bits per heavy atom. The molecule has 104 valence electrons. The Morgan fingerprint density at radius 3 is 2.42 bits per heavy atom. The van der Waals surface area contributed by atoms with Crippen LogP contribution in [0.3, 0.4) is 0 Å². The maximum absolute atomic E-state index is 12.2. The Balaban J connectivity index is 1.68. The van der Waals surface area contributed by atoms with Crippen molar-refractivity contribution in [3.63, 3.8) is 0 Å². The third kappa shape index (κ3) is 2.24. The lowest BCUT2D eigenvalue weighted by atomic mass is 9.82. The summed E-state index contributed by atoms with van der Waals surface area (Å²) in [6.45, 7) is 2.35. The summed E-state index contributed by atoms with van der Waals surface area (Å²) in [5.74, 6) is -2.73. The van der Waals surface area contributed by atoms with Crippen LogP contribution in [0.25, 0.3) is 0 Å². The van der Waals surface area contributed by atoms with E-state index in [4.69, 9.17) is 9.47 Å². The second-order valence-corrected chi connectivity index (χ2v) is 4.92. The number of fused-ring (bicyclic) bond motifs is 2. The summed E-state index contributed by atoms with van der Waals surface area (Å²) in [7, 11) is 0. The topological polar surface area (TPSA) is 88.1 Å². The van der Waals surface area contributed by atoms with E-state index in [0.29, 0.717) is 26.3 Å². The van der Waals surface area contributed by atoms with Gasteiger partial charge in [-0.25, -0.2) is 5.01 Å². The van der Waals surface area contributed by atoms with Gasteiger partial charge in [0.05, 0.1) is 31.3 Å². The number of morpholine rings is 1. The number of carbonyl (C=O) groups is 2. The van der Waals surface area contributed by atoms with Gasteiger partial charge in [-0.3, -0.25) is 15.0 Å². The van der Waals surface area contributed by atoms with Crippen LogP contribution in [0.2, 0.25) is 0 Å². The molecule has 2 N–H and O–H groups in total. The number of carbonyl (C=O) groups excluding carboxylic acids is 1. The van der Waals surface area contributed by atoms with Crippen molar-refractivity contribution in [1.82, 2.24) is 10.4 Å². The normalized spacial score (nSPS) is 37.5. The minimum absolute atomic E-state index is 0.286. The van der Waals surface area contributed by atoms with Crippen LogP contribution in [0.4, 0.5) is 0 Å². The van der Waals surface area contributed by atoms with E-state index in [1.165, 1.54) is 0 Å². The van der Waals surface area contributed by atoms with Gasteiger partial charge in [-0.1, -0.05) is 12.2 Å². The number of nitrogens with zero attached hydrogens (tertiary/aromatic N) is 1. The molecule has 0 unspecified atom stereocenters. The van der Waals surface area contributed by atoms with E-state index in [-0.39, 0.29) is 5.91 Å². The molecule has 3 aliphatic heterocycles. The van der Waals surface area contributed by atoms with Crippen LogP contribution in [-0.2, 0) is 19.1 Å². The summed E-state index contributed by atoms with van der Waals surface area (Å²) in [4.78, 5) is 23.5. The molecule has 7 heteroatoms. The monoisotopic (exact) mass is 268 g/mol. The highest BCUT2D eigenvalue weighted by Crippen LogP contribution is 2.39. The molecule has 0 spiro atoms. The van der Waals surface area contributed by atoms with Gasteiger partial charge in [-0.15, -0.1) is 0 Å². The number of hydrogen-bond donors (Lipinski definition) is 2. The van der Waals surface area contributed by atoms with Gasteiger partial charge < -0.3 is 14.6 Å². The quantitative estimate of drug-likeness (QED) is 0.639. The first-order chi connectivity index (χ1) is 9.16. The Bertz CT molecular complexity index is 418. The van der Waals surface area contributed by atoms with Crippen molar-refractivity contribution in [1.29, 1.82) is 0 Å². The van der Waals surface area contributed by atoms with Crippen molar-refractivity contribution in [3.05, 3.63) is 12.2 Å². The average molecular weight is 268 g/mol. The van der Waals surface area contributed by atoms with Gasteiger partial charge in [0.2, 0.25) is 5.91 Å². The van der Waals surface area contributed by atoms with Crippen molar-refractivity contribution >= 4 is 11.9 Å². The zero-order chi connectivity index (χ0) is 13.4. The van der Waals surface area contributed by atoms with E-state index in [1.807, 2.05) is 0 Å². The fraction of sp³-hybridized carbons (Fsp3) is 0.667. The highest BCUT2D eigenvalue weighted by molar-refractivity contribution is 5.87. The molecule has 0 aliphatic carbocycles. The van der Waals surface area contributed by atoms with Crippen LogP contribution in [0, 0.1) is 11.8 Å². The fourth-order valence-electron chi connectivity index (χ4n) is 2.82. The predicted octanol–water partition coefficient (Wildman–Crippen LogP) is -0.996. The third-order valence-electron chi connectivity index (χ3n) is 3.77. The van der Waals surface area contributed by atoms with Crippen LogP contribution >= 0.6 is 0 Å². The molecule has 3 heterocycles.